The summed E-state index contributed by atoms with van der Waals surface area (Å²) in [7, 11) is 0. The third-order valence-corrected chi connectivity index (χ3v) is 2.59. The Morgan fingerprint density at radius 3 is 2.43 bits per heavy atom. The van der Waals surface area contributed by atoms with E-state index in [9.17, 15) is 0 Å². The van der Waals surface area contributed by atoms with E-state index in [0.717, 1.165) is 0 Å². The van der Waals surface area contributed by atoms with Crippen LogP contribution in [0.2, 0.25) is 0 Å². The van der Waals surface area contributed by atoms with Gasteiger partial charge in [-0.05, 0) is 29.6 Å². The lowest BCUT2D eigenvalue weighted by atomic mass is 9.83. The molecule has 2 rings (SSSR count). The third-order valence-electron chi connectivity index (χ3n) is 2.59. The minimum Gasteiger partial charge on any atom is -0.0991 e. The summed E-state index contributed by atoms with van der Waals surface area (Å²) in [6.07, 6.45) is 8.42. The summed E-state index contributed by atoms with van der Waals surface area (Å²) in [4.78, 5) is 0. The molecule has 1 aromatic carbocycles. The maximum atomic E-state index is 3.68. The van der Waals surface area contributed by atoms with Crippen molar-refractivity contribution in [1.29, 1.82) is 0 Å². The van der Waals surface area contributed by atoms with Crippen LogP contribution in [-0.4, -0.2) is 0 Å². The van der Waals surface area contributed by atoms with Crippen molar-refractivity contribution in [2.45, 2.75) is 12.8 Å². The van der Waals surface area contributed by atoms with E-state index < -0.39 is 0 Å². The number of hydrogen-bond donors (Lipinski definition) is 0. The molecule has 0 saturated carbocycles. The van der Waals surface area contributed by atoms with Crippen molar-refractivity contribution in [2.75, 3.05) is 0 Å². The monoisotopic (exact) mass is 182 g/mol. The normalized spacial score (nSPS) is 15.7. The smallest absolute Gasteiger partial charge is 0.0222 e. The molecule has 0 nitrogen and oxygen atoms in total. The van der Waals surface area contributed by atoms with Gasteiger partial charge in [0.1, 0.15) is 0 Å². The molecular weight excluding hydrogens is 168 g/mol. The lowest BCUT2D eigenvalue weighted by Gasteiger charge is -2.21. The van der Waals surface area contributed by atoms with Crippen molar-refractivity contribution >= 4 is 5.57 Å². The Morgan fingerprint density at radius 1 is 1.07 bits per heavy atom. The van der Waals surface area contributed by atoms with Crippen LogP contribution < -0.4 is 0 Å². The molecule has 0 bridgehead atoms. The Labute approximate surface area is 85.3 Å². The highest BCUT2D eigenvalue weighted by atomic mass is 14.2. The van der Waals surface area contributed by atoms with Gasteiger partial charge in [0.05, 0.1) is 0 Å². The van der Waals surface area contributed by atoms with Crippen LogP contribution >= 0.6 is 0 Å². The number of rotatable bonds is 3. The highest BCUT2D eigenvalue weighted by Crippen LogP contribution is 2.36. The maximum Gasteiger partial charge on any atom is -0.0222 e. The molecule has 0 N–H and O–H groups in total. The maximum absolute atomic E-state index is 3.68. The highest BCUT2D eigenvalue weighted by Gasteiger charge is 2.15. The van der Waals surface area contributed by atoms with E-state index in [2.05, 4.69) is 43.0 Å². The minimum absolute atomic E-state index is 1.20. The Bertz CT molecular complexity index is 380. The molecule has 0 aliphatic heterocycles. The zero-order valence-electron chi connectivity index (χ0n) is 8.24. The van der Waals surface area contributed by atoms with Crippen molar-refractivity contribution in [1.82, 2.24) is 0 Å². The van der Waals surface area contributed by atoms with Gasteiger partial charge < -0.3 is 0 Å². The topological polar surface area (TPSA) is 0 Å². The second-order valence-electron chi connectivity index (χ2n) is 3.46. The summed E-state index contributed by atoms with van der Waals surface area (Å²) in [5.74, 6) is 0. The highest BCUT2D eigenvalue weighted by molar-refractivity contribution is 5.76. The average molecular weight is 182 g/mol. The van der Waals surface area contributed by atoms with Gasteiger partial charge in [-0.2, -0.15) is 0 Å². The zero-order chi connectivity index (χ0) is 9.80. The first-order chi connectivity index (χ1) is 6.92. The van der Waals surface area contributed by atoms with Crippen LogP contribution in [0.5, 0.6) is 0 Å². The number of benzene rings is 1. The fourth-order valence-corrected chi connectivity index (χ4v) is 1.73. The molecule has 70 valence electrons. The van der Waals surface area contributed by atoms with Gasteiger partial charge in [-0.15, -0.1) is 0 Å². The summed E-state index contributed by atoms with van der Waals surface area (Å²) < 4.78 is 0. The standard InChI is InChI=1S/C14H14/c1-2-3-7-13-10-11-14(13)12-8-5-4-6-9-12/h2-9H,1,10-11H2. The summed E-state index contributed by atoms with van der Waals surface area (Å²) in [6.45, 7) is 3.68. The fourth-order valence-electron chi connectivity index (χ4n) is 1.73. The Balaban J connectivity index is 2.28. The van der Waals surface area contributed by atoms with E-state index in [1.165, 1.54) is 29.6 Å². The SMILES string of the molecule is C=CC=CC1=C(c2ccccc2)CC1. The average Bonchev–Trinajstić information content (AvgIpc) is 2.18. The first-order valence-electron chi connectivity index (χ1n) is 4.98. The van der Waals surface area contributed by atoms with E-state index in [1.54, 1.807) is 0 Å². The molecule has 0 saturated heterocycles. The Hall–Kier alpha value is -1.56. The predicted molar refractivity (Wildman–Crippen MR) is 61.9 cm³/mol. The zero-order valence-corrected chi connectivity index (χ0v) is 8.24. The quantitative estimate of drug-likeness (QED) is 0.620. The first-order valence-corrected chi connectivity index (χ1v) is 4.98. The molecule has 0 amide bonds. The molecule has 0 fully saturated rings. The Kier molecular flexibility index (Phi) is 2.64. The van der Waals surface area contributed by atoms with Crippen LogP contribution in [0.25, 0.3) is 5.57 Å². The van der Waals surface area contributed by atoms with E-state index in [1.807, 2.05) is 12.2 Å². The molecule has 0 spiro atoms. The molecule has 0 aromatic heterocycles. The second kappa shape index (κ2) is 4.10. The van der Waals surface area contributed by atoms with Gasteiger partial charge >= 0.3 is 0 Å². The van der Waals surface area contributed by atoms with E-state index in [-0.39, 0.29) is 0 Å². The summed E-state index contributed by atoms with van der Waals surface area (Å²) in [5, 5.41) is 0. The molecule has 14 heavy (non-hydrogen) atoms. The van der Waals surface area contributed by atoms with Gasteiger partial charge in [0.15, 0.2) is 0 Å². The first kappa shape index (κ1) is 9.01. The number of allylic oxidation sites excluding steroid dienone is 5. The fraction of sp³-hybridized carbons (Fsp3) is 0.143. The lowest BCUT2D eigenvalue weighted by molar-refractivity contribution is 0.934. The molecule has 1 aliphatic rings. The van der Waals surface area contributed by atoms with E-state index in [4.69, 9.17) is 0 Å². The van der Waals surface area contributed by atoms with Crippen LogP contribution in [0.15, 0.2) is 60.7 Å². The van der Waals surface area contributed by atoms with Crippen LogP contribution in [0.4, 0.5) is 0 Å². The molecule has 1 aliphatic carbocycles. The van der Waals surface area contributed by atoms with Crippen LogP contribution in [-0.2, 0) is 0 Å². The molecule has 0 atom stereocenters. The summed E-state index contributed by atoms with van der Waals surface area (Å²) in [6, 6.07) is 10.6. The molecule has 1 aromatic rings. The lowest BCUT2D eigenvalue weighted by Crippen LogP contribution is -2.00. The second-order valence-corrected chi connectivity index (χ2v) is 3.46. The van der Waals surface area contributed by atoms with Crippen molar-refractivity contribution < 1.29 is 0 Å². The van der Waals surface area contributed by atoms with Gasteiger partial charge in [-0.1, -0.05) is 55.1 Å². The summed E-state index contributed by atoms with van der Waals surface area (Å²) in [5.41, 5.74) is 4.31. The third kappa shape index (κ3) is 1.69. The van der Waals surface area contributed by atoms with Crippen LogP contribution in [0.3, 0.4) is 0 Å². The number of hydrogen-bond acceptors (Lipinski definition) is 0. The van der Waals surface area contributed by atoms with Gasteiger partial charge in [0.25, 0.3) is 0 Å². The van der Waals surface area contributed by atoms with Gasteiger partial charge in [0.2, 0.25) is 0 Å². The van der Waals surface area contributed by atoms with Crippen molar-refractivity contribution in [3.8, 4) is 0 Å². The molecule has 0 unspecified atom stereocenters. The molecular formula is C14H14. The largest absolute Gasteiger partial charge is 0.0991 e. The van der Waals surface area contributed by atoms with Gasteiger partial charge in [-0.3, -0.25) is 0 Å². The van der Waals surface area contributed by atoms with Crippen LogP contribution in [0, 0.1) is 0 Å². The van der Waals surface area contributed by atoms with Crippen LogP contribution in [0.1, 0.15) is 18.4 Å². The Morgan fingerprint density at radius 2 is 1.86 bits per heavy atom. The van der Waals surface area contributed by atoms with Gasteiger partial charge in [-0.25, -0.2) is 0 Å². The van der Waals surface area contributed by atoms with Crippen molar-refractivity contribution in [3.05, 3.63) is 66.3 Å². The predicted octanol–water partition coefficient (Wildman–Crippen LogP) is 3.98. The summed E-state index contributed by atoms with van der Waals surface area (Å²) >= 11 is 0. The molecule has 0 heteroatoms. The van der Waals surface area contributed by atoms with Gasteiger partial charge in [0, 0.05) is 0 Å². The molecule has 0 heterocycles. The molecule has 0 radical (unpaired) electrons. The van der Waals surface area contributed by atoms with E-state index in [0.29, 0.717) is 0 Å². The van der Waals surface area contributed by atoms with Crippen molar-refractivity contribution in [3.63, 3.8) is 0 Å². The minimum atomic E-state index is 1.20. The van der Waals surface area contributed by atoms with E-state index >= 15 is 0 Å². The van der Waals surface area contributed by atoms with Crippen molar-refractivity contribution in [2.24, 2.45) is 0 Å².